The number of aromatic nitrogens is 4. The fourth-order valence-electron chi connectivity index (χ4n) is 2.97. The number of nitrogens with two attached hydrogens (primary N) is 1. The zero-order valence-electron chi connectivity index (χ0n) is 16.5. The van der Waals surface area contributed by atoms with Crippen molar-refractivity contribution in [3.05, 3.63) is 12.7 Å². The number of hydrogen-bond donors (Lipinski definition) is 5. The van der Waals surface area contributed by atoms with E-state index in [9.17, 15) is 24.5 Å². The second-order valence-electron chi connectivity index (χ2n) is 6.88. The lowest BCUT2D eigenvalue weighted by atomic mass is 10.1. The van der Waals surface area contributed by atoms with Crippen molar-refractivity contribution in [1.82, 2.24) is 24.6 Å². The first kappa shape index (κ1) is 23.8. The van der Waals surface area contributed by atoms with Gasteiger partial charge in [-0.25, -0.2) is 15.0 Å². The van der Waals surface area contributed by atoms with Gasteiger partial charge in [0.1, 0.15) is 30.2 Å². The summed E-state index contributed by atoms with van der Waals surface area (Å²) < 4.78 is 23.8. The van der Waals surface area contributed by atoms with E-state index in [4.69, 9.17) is 15.0 Å². The molecule has 0 aliphatic carbocycles. The zero-order chi connectivity index (χ0) is 22.8. The number of thioether (sulfide) groups is 1. The predicted molar refractivity (Wildman–Crippen MR) is 107 cm³/mol. The number of ether oxygens (including phenoxy) is 1. The minimum absolute atomic E-state index is 0.126. The Bertz CT molecular complexity index is 978. The molecule has 1 amide bonds. The van der Waals surface area contributed by atoms with E-state index in [-0.39, 0.29) is 17.0 Å². The van der Waals surface area contributed by atoms with E-state index in [2.05, 4.69) is 20.7 Å². The lowest BCUT2D eigenvalue weighted by Gasteiger charge is -2.26. The Morgan fingerprint density at radius 1 is 1.48 bits per heavy atom. The highest BCUT2D eigenvalue weighted by atomic mass is 32.2. The smallest absolute Gasteiger partial charge is 0.284 e. The second-order valence-corrected chi connectivity index (χ2v) is 9.34. The molecule has 3 heterocycles. The number of carbonyl (C=O) groups is 1. The Morgan fingerprint density at radius 3 is 2.94 bits per heavy atom. The molecule has 0 bridgehead atoms. The molecule has 14 nitrogen and oxygen atoms in total. The number of imidazole rings is 1. The molecule has 2 aromatic rings. The Hall–Kier alpha value is -1.84. The van der Waals surface area contributed by atoms with Crippen molar-refractivity contribution in [3.63, 3.8) is 0 Å². The highest BCUT2D eigenvalue weighted by molar-refractivity contribution is 7.98. The largest absolute Gasteiger partial charge is 0.762 e. The van der Waals surface area contributed by atoms with Gasteiger partial charge < -0.3 is 35.8 Å². The van der Waals surface area contributed by atoms with Gasteiger partial charge in [-0.1, -0.05) is 0 Å². The summed E-state index contributed by atoms with van der Waals surface area (Å²) in [7, 11) is -4.78. The molecule has 1 unspecified atom stereocenters. The number of nitrogen functional groups attached to an aromatic ring is 1. The maximum atomic E-state index is 12.1. The van der Waals surface area contributed by atoms with Gasteiger partial charge in [-0.2, -0.15) is 11.8 Å². The average Bonchev–Trinajstić information content (AvgIpc) is 3.27. The van der Waals surface area contributed by atoms with E-state index in [0.29, 0.717) is 12.2 Å². The topological polar surface area (TPSA) is 225 Å². The Balaban J connectivity index is 1.63. The Morgan fingerprint density at radius 2 is 2.23 bits per heavy atom. The summed E-state index contributed by atoms with van der Waals surface area (Å²) in [5, 5.41) is 22.5. The summed E-state index contributed by atoms with van der Waals surface area (Å²) in [5.74, 6) is -0.0201. The summed E-state index contributed by atoms with van der Waals surface area (Å²) in [6.45, 7) is -0.633. The van der Waals surface area contributed by atoms with Gasteiger partial charge in [-0.15, -0.1) is 0 Å². The number of aliphatic hydroxyl groups is 2. The van der Waals surface area contributed by atoms with Crippen molar-refractivity contribution in [2.24, 2.45) is 0 Å². The molecule has 0 saturated carbocycles. The SMILES string of the molecule is CSCC[C@H]([NH3+])C(=O)NP(=O)([O-])OC[C@H]1O[C@@H](n2cnc3c(N)ncnc32)[C@H](O)[C@@H]1O. The molecule has 172 valence electrons. The number of hydrogen-bond acceptors (Lipinski definition) is 12. The molecule has 8 N–H and O–H groups in total. The van der Waals surface area contributed by atoms with Crippen molar-refractivity contribution < 1.29 is 39.5 Å². The van der Waals surface area contributed by atoms with E-state index >= 15 is 0 Å². The third-order valence-corrected chi connectivity index (χ3v) is 6.32. The number of aliphatic hydroxyl groups excluding tert-OH is 2. The summed E-state index contributed by atoms with van der Waals surface area (Å²) in [5.41, 5.74) is 9.90. The zero-order valence-corrected chi connectivity index (χ0v) is 18.2. The van der Waals surface area contributed by atoms with Crippen LogP contribution in [0.4, 0.5) is 5.82 Å². The lowest BCUT2D eigenvalue weighted by molar-refractivity contribution is -0.403. The first-order chi connectivity index (χ1) is 14.6. The van der Waals surface area contributed by atoms with Gasteiger partial charge in [0.05, 0.1) is 12.9 Å². The van der Waals surface area contributed by atoms with Crippen LogP contribution in [0.1, 0.15) is 12.6 Å². The molecule has 0 aromatic carbocycles. The molecule has 1 fully saturated rings. The summed E-state index contributed by atoms with van der Waals surface area (Å²) in [6, 6.07) is -0.762. The van der Waals surface area contributed by atoms with Crippen LogP contribution in [0.25, 0.3) is 11.2 Å². The van der Waals surface area contributed by atoms with Crippen molar-refractivity contribution in [3.8, 4) is 0 Å². The van der Waals surface area contributed by atoms with Gasteiger partial charge in [0, 0.05) is 6.42 Å². The minimum Gasteiger partial charge on any atom is -0.762 e. The number of fused-ring (bicyclic) bond motifs is 1. The minimum atomic E-state index is -4.78. The summed E-state index contributed by atoms with van der Waals surface area (Å²) in [4.78, 5) is 36.0. The highest BCUT2D eigenvalue weighted by Crippen LogP contribution is 2.36. The molecule has 31 heavy (non-hydrogen) atoms. The van der Waals surface area contributed by atoms with Crippen LogP contribution in [-0.2, 0) is 18.6 Å². The monoisotopic (exact) mass is 477 g/mol. The van der Waals surface area contributed by atoms with Gasteiger partial charge >= 0.3 is 0 Å². The number of nitrogens with one attached hydrogen (secondary N) is 1. The fraction of sp³-hybridized carbons (Fsp3) is 0.600. The van der Waals surface area contributed by atoms with Crippen molar-refractivity contribution in [1.29, 1.82) is 0 Å². The molecule has 1 aliphatic heterocycles. The highest BCUT2D eigenvalue weighted by Gasteiger charge is 2.45. The quantitative estimate of drug-likeness (QED) is 0.228. The standard InChI is InChI=1S/C15H24N7O7PS/c1-31-3-2-7(16)14(25)21-30(26,27)28-4-8-10(23)11(24)15(29-8)22-6-20-9-12(17)18-5-19-13(9)22/h5-8,10-11,15,23-24H,2-4,16H2,1H3,(H2,17,18,19)(H2,21,25,26,27)/t7-,8+,10+,11+,15+/m0/s1. The van der Waals surface area contributed by atoms with Crippen LogP contribution >= 0.6 is 19.5 Å². The maximum Gasteiger partial charge on any atom is 0.284 e. The molecule has 16 heteroatoms. The molecule has 0 radical (unpaired) electrons. The third-order valence-electron chi connectivity index (χ3n) is 4.70. The number of carbonyl (C=O) groups excluding carboxylic acids is 1. The van der Waals surface area contributed by atoms with Gasteiger partial charge in [0.25, 0.3) is 5.91 Å². The fourth-order valence-corrected chi connectivity index (χ4v) is 4.35. The van der Waals surface area contributed by atoms with E-state index in [1.54, 1.807) is 5.09 Å². The Labute approximate surface area is 180 Å². The molecule has 6 atom stereocenters. The number of amides is 1. The molecule has 3 rings (SSSR count). The van der Waals surface area contributed by atoms with Gasteiger partial charge in [0.2, 0.25) is 7.75 Å². The summed E-state index contributed by atoms with van der Waals surface area (Å²) in [6.07, 6.45) is -0.464. The van der Waals surface area contributed by atoms with E-state index < -0.39 is 50.8 Å². The predicted octanol–water partition coefficient (Wildman–Crippen LogP) is -3.01. The van der Waals surface area contributed by atoms with Crippen LogP contribution in [0.3, 0.4) is 0 Å². The van der Waals surface area contributed by atoms with Crippen molar-refractivity contribution in [2.75, 3.05) is 24.3 Å². The normalized spacial score (nSPS) is 26.6. The maximum absolute atomic E-state index is 12.1. The molecule has 0 spiro atoms. The number of anilines is 1. The summed E-state index contributed by atoms with van der Waals surface area (Å²) >= 11 is 1.51. The van der Waals surface area contributed by atoms with Gasteiger partial charge in [0.15, 0.2) is 23.7 Å². The number of rotatable bonds is 9. The lowest BCUT2D eigenvalue weighted by Crippen LogP contribution is -2.67. The van der Waals surface area contributed by atoms with Crippen LogP contribution in [0.15, 0.2) is 12.7 Å². The molecular weight excluding hydrogens is 453 g/mol. The van der Waals surface area contributed by atoms with Gasteiger partial charge in [-0.05, 0) is 12.0 Å². The van der Waals surface area contributed by atoms with E-state index in [0.717, 1.165) is 0 Å². The van der Waals surface area contributed by atoms with E-state index in [1.165, 1.54) is 29.0 Å². The third kappa shape index (κ3) is 5.32. The van der Waals surface area contributed by atoms with E-state index in [1.807, 2.05) is 6.26 Å². The van der Waals surface area contributed by atoms with Crippen LogP contribution in [-0.4, -0.2) is 78.6 Å². The molecule has 1 aliphatic rings. The van der Waals surface area contributed by atoms with Crippen LogP contribution in [0, 0.1) is 0 Å². The second kappa shape index (κ2) is 9.75. The Kier molecular flexibility index (Phi) is 7.49. The van der Waals surface area contributed by atoms with Crippen LogP contribution in [0.2, 0.25) is 0 Å². The van der Waals surface area contributed by atoms with Gasteiger partial charge in [-0.3, -0.25) is 19.0 Å². The first-order valence-corrected chi connectivity index (χ1v) is 12.1. The van der Waals surface area contributed by atoms with Crippen LogP contribution < -0.4 is 21.4 Å². The van der Waals surface area contributed by atoms with Crippen molar-refractivity contribution >= 4 is 42.4 Å². The molecule has 2 aromatic heterocycles. The molecule has 1 saturated heterocycles. The van der Waals surface area contributed by atoms with Crippen molar-refractivity contribution in [2.45, 2.75) is 37.0 Å². The number of quaternary nitrogens is 1. The first-order valence-electron chi connectivity index (χ1n) is 9.19. The average molecular weight is 477 g/mol. The van der Waals surface area contributed by atoms with Crippen LogP contribution in [0.5, 0.6) is 0 Å². The molecular formula is C15H24N7O7PS. The number of nitrogens with zero attached hydrogens (tertiary/aromatic N) is 4.